The number of likely N-dealkylation sites (tertiary alicyclic amines) is 1. The van der Waals surface area contributed by atoms with E-state index >= 15 is 0 Å². The molecule has 2 rings (SSSR count). The van der Waals surface area contributed by atoms with Gasteiger partial charge in [0.1, 0.15) is 0 Å². The molecule has 1 aliphatic rings. The first-order chi connectivity index (χ1) is 8.13. The average Bonchev–Trinajstić information content (AvgIpc) is 2.63. The third-order valence-corrected chi connectivity index (χ3v) is 3.00. The molecule has 1 saturated heterocycles. The summed E-state index contributed by atoms with van der Waals surface area (Å²) in [4.78, 5) is 17.0. The lowest BCUT2D eigenvalue weighted by Gasteiger charge is -2.30. The molecule has 0 saturated carbocycles. The van der Waals surface area contributed by atoms with Crippen LogP contribution in [0, 0.1) is 12.8 Å². The van der Waals surface area contributed by atoms with E-state index in [1.807, 2.05) is 0 Å². The van der Waals surface area contributed by atoms with Crippen LogP contribution >= 0.6 is 0 Å². The second kappa shape index (κ2) is 5.27. The van der Waals surface area contributed by atoms with E-state index in [-0.39, 0.29) is 12.3 Å². The highest BCUT2D eigenvalue weighted by molar-refractivity contribution is 5.67. The molecule has 0 aliphatic carbocycles. The van der Waals surface area contributed by atoms with E-state index < -0.39 is 5.97 Å². The van der Waals surface area contributed by atoms with Gasteiger partial charge in [-0.05, 0) is 25.3 Å². The van der Waals surface area contributed by atoms with Crippen LogP contribution in [-0.4, -0.2) is 39.2 Å². The van der Waals surface area contributed by atoms with Crippen LogP contribution in [0.5, 0.6) is 0 Å². The van der Waals surface area contributed by atoms with Gasteiger partial charge in [-0.3, -0.25) is 9.69 Å². The van der Waals surface area contributed by atoms with Crippen molar-refractivity contribution in [2.24, 2.45) is 5.92 Å². The highest BCUT2D eigenvalue weighted by atomic mass is 16.5. The Bertz CT molecular complexity index is 391. The van der Waals surface area contributed by atoms with Gasteiger partial charge in [-0.15, -0.1) is 0 Å². The summed E-state index contributed by atoms with van der Waals surface area (Å²) in [7, 11) is 0. The Labute approximate surface area is 99.6 Å². The number of nitrogens with zero attached hydrogens (tertiary/aromatic N) is 3. The van der Waals surface area contributed by atoms with Crippen LogP contribution in [-0.2, 0) is 11.3 Å². The van der Waals surface area contributed by atoms with E-state index in [1.165, 1.54) is 0 Å². The second-order valence-electron chi connectivity index (χ2n) is 4.57. The molecular weight excluding hydrogens is 222 g/mol. The summed E-state index contributed by atoms with van der Waals surface area (Å²) in [5, 5.41) is 12.6. The SMILES string of the molecule is Cc1nc(CN2CCCC(CC(=O)O)C2)no1. The van der Waals surface area contributed by atoms with Crippen molar-refractivity contribution >= 4 is 5.97 Å². The van der Waals surface area contributed by atoms with Crippen molar-refractivity contribution in [1.29, 1.82) is 0 Å². The minimum Gasteiger partial charge on any atom is -0.481 e. The molecule has 2 heterocycles. The predicted molar refractivity (Wildman–Crippen MR) is 59.3 cm³/mol. The van der Waals surface area contributed by atoms with Crippen molar-refractivity contribution in [1.82, 2.24) is 15.0 Å². The summed E-state index contributed by atoms with van der Waals surface area (Å²) in [6, 6.07) is 0. The maximum atomic E-state index is 10.7. The number of piperidine rings is 1. The summed E-state index contributed by atoms with van der Waals surface area (Å²) in [5.74, 6) is 0.777. The van der Waals surface area contributed by atoms with Crippen molar-refractivity contribution in [2.75, 3.05) is 13.1 Å². The quantitative estimate of drug-likeness (QED) is 0.846. The van der Waals surface area contributed by atoms with Gasteiger partial charge in [-0.2, -0.15) is 4.98 Å². The monoisotopic (exact) mass is 239 g/mol. The number of hydrogen-bond donors (Lipinski definition) is 1. The van der Waals surface area contributed by atoms with Gasteiger partial charge in [-0.25, -0.2) is 0 Å². The van der Waals surface area contributed by atoms with Crippen LogP contribution in [0.15, 0.2) is 4.52 Å². The third kappa shape index (κ3) is 3.52. The molecule has 0 amide bonds. The van der Waals surface area contributed by atoms with Crippen molar-refractivity contribution in [2.45, 2.75) is 32.7 Å². The van der Waals surface area contributed by atoms with Gasteiger partial charge in [0, 0.05) is 19.9 Å². The highest BCUT2D eigenvalue weighted by Gasteiger charge is 2.22. The molecule has 6 nitrogen and oxygen atoms in total. The summed E-state index contributed by atoms with van der Waals surface area (Å²) in [6.07, 6.45) is 2.28. The molecule has 0 aromatic carbocycles. The fourth-order valence-corrected chi connectivity index (χ4v) is 2.31. The van der Waals surface area contributed by atoms with Crippen LogP contribution in [0.25, 0.3) is 0 Å². The van der Waals surface area contributed by atoms with E-state index in [9.17, 15) is 4.79 Å². The molecule has 6 heteroatoms. The fourth-order valence-electron chi connectivity index (χ4n) is 2.31. The molecule has 1 aliphatic heterocycles. The van der Waals surface area contributed by atoms with E-state index in [0.717, 1.165) is 25.9 Å². The normalized spacial score (nSPS) is 21.6. The molecule has 1 fully saturated rings. The van der Waals surface area contributed by atoms with Crippen LogP contribution in [0.4, 0.5) is 0 Å². The van der Waals surface area contributed by atoms with Gasteiger partial charge >= 0.3 is 5.97 Å². The summed E-state index contributed by atoms with van der Waals surface area (Å²) in [5.41, 5.74) is 0. The summed E-state index contributed by atoms with van der Waals surface area (Å²) < 4.78 is 4.92. The number of aromatic nitrogens is 2. The Morgan fingerprint density at radius 3 is 3.12 bits per heavy atom. The smallest absolute Gasteiger partial charge is 0.303 e. The minimum absolute atomic E-state index is 0.245. The van der Waals surface area contributed by atoms with E-state index in [4.69, 9.17) is 9.63 Å². The second-order valence-corrected chi connectivity index (χ2v) is 4.57. The Morgan fingerprint density at radius 2 is 2.47 bits per heavy atom. The molecule has 1 N–H and O–H groups in total. The Kier molecular flexibility index (Phi) is 3.73. The number of rotatable bonds is 4. The molecule has 0 spiro atoms. The molecule has 0 bridgehead atoms. The molecule has 1 unspecified atom stereocenters. The Morgan fingerprint density at radius 1 is 1.65 bits per heavy atom. The van der Waals surface area contributed by atoms with Crippen LogP contribution in [0.3, 0.4) is 0 Å². The van der Waals surface area contributed by atoms with Gasteiger partial charge < -0.3 is 9.63 Å². The maximum absolute atomic E-state index is 10.7. The molecular formula is C11H17N3O3. The van der Waals surface area contributed by atoms with Gasteiger partial charge in [-0.1, -0.05) is 5.16 Å². The zero-order valence-electron chi connectivity index (χ0n) is 9.93. The van der Waals surface area contributed by atoms with Crippen LogP contribution in [0.2, 0.25) is 0 Å². The lowest BCUT2D eigenvalue weighted by Crippen LogP contribution is -2.36. The van der Waals surface area contributed by atoms with Gasteiger partial charge in [0.15, 0.2) is 5.82 Å². The Hall–Kier alpha value is -1.43. The third-order valence-electron chi connectivity index (χ3n) is 3.00. The topological polar surface area (TPSA) is 79.5 Å². The zero-order valence-corrected chi connectivity index (χ0v) is 9.93. The lowest BCUT2D eigenvalue weighted by molar-refractivity contribution is -0.138. The van der Waals surface area contributed by atoms with E-state index in [2.05, 4.69) is 15.0 Å². The number of carboxylic acid groups (broad SMARTS) is 1. The molecule has 94 valence electrons. The number of carboxylic acids is 1. The standard InChI is InChI=1S/C11H17N3O3/c1-8-12-10(13-17-8)7-14-4-2-3-9(6-14)5-11(15)16/h9H,2-7H2,1H3,(H,15,16). The van der Waals surface area contributed by atoms with Crippen molar-refractivity contribution in [3.8, 4) is 0 Å². The van der Waals surface area contributed by atoms with Crippen molar-refractivity contribution < 1.29 is 14.4 Å². The van der Waals surface area contributed by atoms with Gasteiger partial charge in [0.25, 0.3) is 0 Å². The number of aliphatic carboxylic acids is 1. The van der Waals surface area contributed by atoms with Crippen LogP contribution < -0.4 is 0 Å². The molecule has 1 aromatic rings. The minimum atomic E-state index is -0.716. The number of hydrogen-bond acceptors (Lipinski definition) is 5. The fraction of sp³-hybridized carbons (Fsp3) is 0.727. The van der Waals surface area contributed by atoms with Crippen molar-refractivity contribution in [3.63, 3.8) is 0 Å². The molecule has 1 atom stereocenters. The summed E-state index contributed by atoms with van der Waals surface area (Å²) in [6.45, 7) is 4.19. The van der Waals surface area contributed by atoms with Crippen LogP contribution in [0.1, 0.15) is 31.0 Å². The van der Waals surface area contributed by atoms with Gasteiger partial charge in [0.05, 0.1) is 6.54 Å². The van der Waals surface area contributed by atoms with E-state index in [1.54, 1.807) is 6.92 Å². The number of aryl methyl sites for hydroxylation is 1. The maximum Gasteiger partial charge on any atom is 0.303 e. The summed E-state index contributed by atoms with van der Waals surface area (Å²) >= 11 is 0. The molecule has 17 heavy (non-hydrogen) atoms. The lowest BCUT2D eigenvalue weighted by atomic mass is 9.95. The molecule has 0 radical (unpaired) electrons. The van der Waals surface area contributed by atoms with Crippen molar-refractivity contribution in [3.05, 3.63) is 11.7 Å². The Balaban J connectivity index is 1.87. The molecule has 1 aromatic heterocycles. The first-order valence-corrected chi connectivity index (χ1v) is 5.87. The zero-order chi connectivity index (χ0) is 12.3. The predicted octanol–water partition coefficient (Wildman–Crippen LogP) is 1.06. The van der Waals surface area contributed by atoms with E-state index in [0.29, 0.717) is 18.3 Å². The first-order valence-electron chi connectivity index (χ1n) is 5.87. The number of carbonyl (C=O) groups is 1. The average molecular weight is 239 g/mol. The highest BCUT2D eigenvalue weighted by Crippen LogP contribution is 2.20. The van der Waals surface area contributed by atoms with Gasteiger partial charge in [0.2, 0.25) is 5.89 Å². The largest absolute Gasteiger partial charge is 0.481 e. The first kappa shape index (κ1) is 12.0.